The summed E-state index contributed by atoms with van der Waals surface area (Å²) in [5, 5.41) is 5.04. The van der Waals surface area contributed by atoms with Crippen LogP contribution in [0, 0.1) is 6.92 Å². The molecule has 0 saturated carbocycles. The Balaban J connectivity index is 2.49. The van der Waals surface area contributed by atoms with Gasteiger partial charge in [0.15, 0.2) is 0 Å². The highest BCUT2D eigenvalue weighted by Crippen LogP contribution is 2.26. The minimum absolute atomic E-state index is 0.837. The lowest BCUT2D eigenvalue weighted by Crippen LogP contribution is -1.77. The molecule has 2 heteroatoms. The van der Waals surface area contributed by atoms with Crippen molar-refractivity contribution >= 4 is 22.9 Å². The van der Waals surface area contributed by atoms with Crippen LogP contribution in [0.1, 0.15) is 5.56 Å². The van der Waals surface area contributed by atoms with Crippen LogP contribution in [0.3, 0.4) is 0 Å². The zero-order valence-corrected chi connectivity index (χ0v) is 8.82. The maximum atomic E-state index is 6.03. The first-order valence-corrected chi connectivity index (χ1v) is 5.38. The average Bonchev–Trinajstić information content (AvgIpc) is 2.62. The van der Waals surface area contributed by atoms with E-state index in [4.69, 9.17) is 11.6 Å². The summed E-state index contributed by atoms with van der Waals surface area (Å²) < 4.78 is 0. The van der Waals surface area contributed by atoms with Crippen LogP contribution in [0.5, 0.6) is 0 Å². The topological polar surface area (TPSA) is 0 Å². The van der Waals surface area contributed by atoms with E-state index in [0.29, 0.717) is 0 Å². The number of hydrogen-bond donors (Lipinski definition) is 0. The summed E-state index contributed by atoms with van der Waals surface area (Å²) in [6.07, 6.45) is 0. The molecule has 1 heterocycles. The van der Waals surface area contributed by atoms with Crippen molar-refractivity contribution in [3.05, 3.63) is 45.6 Å². The van der Waals surface area contributed by atoms with Crippen molar-refractivity contribution in [2.45, 2.75) is 6.92 Å². The summed E-state index contributed by atoms with van der Waals surface area (Å²) in [7, 11) is 0. The molecular weight excluding hydrogens is 200 g/mol. The normalized spacial score (nSPS) is 10.3. The summed E-state index contributed by atoms with van der Waals surface area (Å²) >= 11 is 7.74. The van der Waals surface area contributed by atoms with Crippen LogP contribution in [-0.2, 0) is 0 Å². The van der Waals surface area contributed by atoms with Crippen molar-refractivity contribution in [3.8, 4) is 11.1 Å². The molecule has 0 spiro atoms. The summed E-state index contributed by atoms with van der Waals surface area (Å²) in [5.74, 6) is 0. The number of halogens is 1. The molecule has 0 unspecified atom stereocenters. The van der Waals surface area contributed by atoms with Gasteiger partial charge in [0.05, 0.1) is 0 Å². The van der Waals surface area contributed by atoms with E-state index >= 15 is 0 Å². The van der Waals surface area contributed by atoms with Gasteiger partial charge in [-0.15, -0.1) is 0 Å². The Morgan fingerprint density at radius 2 is 2.00 bits per heavy atom. The van der Waals surface area contributed by atoms with E-state index in [9.17, 15) is 0 Å². The van der Waals surface area contributed by atoms with Gasteiger partial charge < -0.3 is 0 Å². The standard InChI is InChI=1S/C11H9ClS/c1-8-2-3-9(6-11(8)12)10-4-5-13-7-10/h2-7H,1H3. The van der Waals surface area contributed by atoms with Crippen LogP contribution in [-0.4, -0.2) is 0 Å². The summed E-state index contributed by atoms with van der Waals surface area (Å²) in [4.78, 5) is 0. The highest BCUT2D eigenvalue weighted by Gasteiger charge is 2.00. The number of thiophene rings is 1. The predicted octanol–water partition coefficient (Wildman–Crippen LogP) is 4.38. The molecule has 13 heavy (non-hydrogen) atoms. The third-order valence-corrected chi connectivity index (χ3v) is 3.12. The van der Waals surface area contributed by atoms with E-state index < -0.39 is 0 Å². The van der Waals surface area contributed by atoms with Crippen LogP contribution in [0.4, 0.5) is 0 Å². The fraction of sp³-hybridized carbons (Fsp3) is 0.0909. The molecule has 0 aliphatic heterocycles. The monoisotopic (exact) mass is 208 g/mol. The molecular formula is C11H9ClS. The molecule has 0 radical (unpaired) electrons. The molecule has 66 valence electrons. The maximum Gasteiger partial charge on any atom is 0.0441 e. The maximum absolute atomic E-state index is 6.03. The molecule has 0 fully saturated rings. The lowest BCUT2D eigenvalue weighted by atomic mass is 10.1. The van der Waals surface area contributed by atoms with E-state index in [-0.39, 0.29) is 0 Å². The lowest BCUT2D eigenvalue weighted by Gasteiger charge is -2.01. The number of aryl methyl sites for hydroxylation is 1. The zero-order chi connectivity index (χ0) is 9.26. The van der Waals surface area contributed by atoms with E-state index in [1.165, 1.54) is 11.1 Å². The van der Waals surface area contributed by atoms with Gasteiger partial charge in [-0.05, 0) is 46.5 Å². The minimum atomic E-state index is 0.837. The van der Waals surface area contributed by atoms with Crippen LogP contribution in [0.25, 0.3) is 11.1 Å². The zero-order valence-electron chi connectivity index (χ0n) is 7.25. The van der Waals surface area contributed by atoms with Crippen LogP contribution >= 0.6 is 22.9 Å². The second kappa shape index (κ2) is 3.52. The molecule has 0 N–H and O–H groups in total. The summed E-state index contributed by atoms with van der Waals surface area (Å²) in [6, 6.07) is 8.27. The molecule has 0 amide bonds. The van der Waals surface area contributed by atoms with E-state index in [0.717, 1.165) is 10.6 Å². The van der Waals surface area contributed by atoms with Crippen molar-refractivity contribution in [1.82, 2.24) is 0 Å². The van der Waals surface area contributed by atoms with Crippen molar-refractivity contribution < 1.29 is 0 Å². The fourth-order valence-corrected chi connectivity index (χ4v) is 2.05. The highest BCUT2D eigenvalue weighted by molar-refractivity contribution is 7.08. The first-order chi connectivity index (χ1) is 6.27. The van der Waals surface area contributed by atoms with Gasteiger partial charge in [-0.3, -0.25) is 0 Å². The van der Waals surface area contributed by atoms with Crippen LogP contribution in [0.2, 0.25) is 5.02 Å². The fourth-order valence-electron chi connectivity index (χ4n) is 1.20. The minimum Gasteiger partial charge on any atom is -0.152 e. The molecule has 0 bridgehead atoms. The van der Waals surface area contributed by atoms with Gasteiger partial charge in [-0.2, -0.15) is 11.3 Å². The molecule has 2 aromatic rings. The molecule has 0 nitrogen and oxygen atoms in total. The van der Waals surface area contributed by atoms with E-state index in [1.807, 2.05) is 13.0 Å². The first kappa shape index (κ1) is 8.79. The van der Waals surface area contributed by atoms with Gasteiger partial charge in [0, 0.05) is 5.02 Å². The van der Waals surface area contributed by atoms with E-state index in [2.05, 4.69) is 29.0 Å². The van der Waals surface area contributed by atoms with Crippen molar-refractivity contribution in [3.63, 3.8) is 0 Å². The Morgan fingerprint density at radius 1 is 1.15 bits per heavy atom. The molecule has 0 saturated heterocycles. The number of benzene rings is 1. The molecule has 2 rings (SSSR count). The van der Waals surface area contributed by atoms with Gasteiger partial charge in [0.1, 0.15) is 0 Å². The first-order valence-electron chi connectivity index (χ1n) is 4.06. The number of hydrogen-bond acceptors (Lipinski definition) is 1. The predicted molar refractivity (Wildman–Crippen MR) is 59.5 cm³/mol. The Morgan fingerprint density at radius 3 is 2.62 bits per heavy atom. The quantitative estimate of drug-likeness (QED) is 0.653. The Kier molecular flexibility index (Phi) is 2.38. The smallest absolute Gasteiger partial charge is 0.0441 e. The number of rotatable bonds is 1. The average molecular weight is 209 g/mol. The molecule has 0 aliphatic carbocycles. The Bertz CT molecular complexity index is 404. The highest BCUT2D eigenvalue weighted by atomic mass is 35.5. The summed E-state index contributed by atoms with van der Waals surface area (Å²) in [6.45, 7) is 2.01. The SMILES string of the molecule is Cc1ccc(-c2ccsc2)cc1Cl. The molecule has 0 atom stereocenters. The van der Waals surface area contributed by atoms with Gasteiger partial charge >= 0.3 is 0 Å². The molecule has 1 aromatic heterocycles. The van der Waals surface area contributed by atoms with Crippen molar-refractivity contribution in [2.75, 3.05) is 0 Å². The molecule has 1 aromatic carbocycles. The van der Waals surface area contributed by atoms with Gasteiger partial charge in [0.2, 0.25) is 0 Å². The second-order valence-electron chi connectivity index (χ2n) is 2.98. The van der Waals surface area contributed by atoms with Crippen LogP contribution in [0.15, 0.2) is 35.0 Å². The molecule has 0 aliphatic rings. The second-order valence-corrected chi connectivity index (χ2v) is 4.16. The Labute approximate surface area is 86.8 Å². The van der Waals surface area contributed by atoms with Crippen molar-refractivity contribution in [1.29, 1.82) is 0 Å². The van der Waals surface area contributed by atoms with Gasteiger partial charge in [-0.1, -0.05) is 23.7 Å². The largest absolute Gasteiger partial charge is 0.152 e. The van der Waals surface area contributed by atoms with Gasteiger partial charge in [-0.25, -0.2) is 0 Å². The third kappa shape index (κ3) is 1.77. The van der Waals surface area contributed by atoms with Crippen molar-refractivity contribution in [2.24, 2.45) is 0 Å². The lowest BCUT2D eigenvalue weighted by molar-refractivity contribution is 1.47. The van der Waals surface area contributed by atoms with E-state index in [1.54, 1.807) is 11.3 Å². The summed E-state index contributed by atoms with van der Waals surface area (Å²) in [5.41, 5.74) is 3.56. The third-order valence-electron chi connectivity index (χ3n) is 2.03. The Hall–Kier alpha value is -0.790. The van der Waals surface area contributed by atoms with Gasteiger partial charge in [0.25, 0.3) is 0 Å². The van der Waals surface area contributed by atoms with Crippen LogP contribution < -0.4 is 0 Å².